The number of anilines is 2. The first-order valence-electron chi connectivity index (χ1n) is 5.81. The molecule has 4 nitrogen and oxygen atoms in total. The second-order valence-electron chi connectivity index (χ2n) is 4.47. The Labute approximate surface area is 108 Å². The van der Waals surface area contributed by atoms with Gasteiger partial charge in [0, 0.05) is 30.5 Å². The van der Waals surface area contributed by atoms with Crippen molar-refractivity contribution in [2.45, 2.75) is 12.5 Å². The molecule has 0 spiro atoms. The number of nitrogens with one attached hydrogen (secondary N) is 2. The van der Waals surface area contributed by atoms with E-state index >= 15 is 0 Å². The van der Waals surface area contributed by atoms with Crippen LogP contribution in [0.25, 0.3) is 0 Å². The molecule has 2 aliphatic rings. The highest BCUT2D eigenvalue weighted by atomic mass is 79.9. The molecule has 1 unspecified atom stereocenters. The van der Waals surface area contributed by atoms with Crippen LogP contribution >= 0.6 is 15.9 Å². The van der Waals surface area contributed by atoms with Crippen LogP contribution in [-0.4, -0.2) is 31.6 Å². The summed E-state index contributed by atoms with van der Waals surface area (Å²) in [4.78, 5) is 14.2. The van der Waals surface area contributed by atoms with Gasteiger partial charge in [-0.15, -0.1) is 0 Å². The molecule has 0 aliphatic carbocycles. The zero-order valence-electron chi connectivity index (χ0n) is 9.37. The Bertz CT molecular complexity index is 463. The molecule has 0 radical (unpaired) electrons. The van der Waals surface area contributed by atoms with Gasteiger partial charge in [0.1, 0.15) is 0 Å². The molecular formula is C12H14BrN3O. The lowest BCUT2D eigenvalue weighted by molar-refractivity contribution is -0.116. The van der Waals surface area contributed by atoms with E-state index in [0.29, 0.717) is 6.42 Å². The molecule has 17 heavy (non-hydrogen) atoms. The molecule has 1 saturated heterocycles. The van der Waals surface area contributed by atoms with E-state index in [9.17, 15) is 4.79 Å². The number of rotatable bonds is 0. The van der Waals surface area contributed by atoms with Crippen LogP contribution in [0.1, 0.15) is 6.42 Å². The van der Waals surface area contributed by atoms with Gasteiger partial charge in [0.25, 0.3) is 0 Å². The molecule has 0 saturated carbocycles. The van der Waals surface area contributed by atoms with Gasteiger partial charge in [-0.25, -0.2) is 0 Å². The summed E-state index contributed by atoms with van der Waals surface area (Å²) in [6.07, 6.45) is 0.555. The van der Waals surface area contributed by atoms with Crippen LogP contribution in [0, 0.1) is 0 Å². The summed E-state index contributed by atoms with van der Waals surface area (Å²) in [5, 5.41) is 6.32. The zero-order valence-corrected chi connectivity index (χ0v) is 11.0. The predicted molar refractivity (Wildman–Crippen MR) is 71.4 cm³/mol. The van der Waals surface area contributed by atoms with Gasteiger partial charge in [-0.05, 0) is 18.2 Å². The Hall–Kier alpha value is -1.07. The third-order valence-corrected chi connectivity index (χ3v) is 3.81. The van der Waals surface area contributed by atoms with Gasteiger partial charge in [-0.1, -0.05) is 15.9 Å². The van der Waals surface area contributed by atoms with E-state index in [2.05, 4.69) is 37.5 Å². The standard InChI is InChI=1S/C12H14BrN3O/c13-8-1-2-11-10(5-8)15-12(17)6-9-7-14-3-4-16(9)11/h1-2,5,9,14H,3-4,6-7H2,(H,15,17). The first-order chi connectivity index (χ1) is 8.24. The summed E-state index contributed by atoms with van der Waals surface area (Å²) < 4.78 is 0.991. The van der Waals surface area contributed by atoms with Gasteiger partial charge in [0.15, 0.2) is 0 Å². The molecule has 1 aromatic carbocycles. The summed E-state index contributed by atoms with van der Waals surface area (Å²) in [7, 11) is 0. The van der Waals surface area contributed by atoms with Crippen LogP contribution in [0.3, 0.4) is 0 Å². The number of benzene rings is 1. The normalized spacial score (nSPS) is 23.5. The van der Waals surface area contributed by atoms with Crippen LogP contribution in [0.5, 0.6) is 0 Å². The highest BCUT2D eigenvalue weighted by molar-refractivity contribution is 9.10. The second kappa shape index (κ2) is 4.31. The minimum absolute atomic E-state index is 0.0977. The zero-order chi connectivity index (χ0) is 11.8. The first kappa shape index (κ1) is 11.0. The van der Waals surface area contributed by atoms with Crippen molar-refractivity contribution >= 4 is 33.2 Å². The minimum atomic E-state index is 0.0977. The SMILES string of the molecule is O=C1CC2CNCCN2c2ccc(Br)cc2N1. The summed E-state index contributed by atoms with van der Waals surface area (Å²) in [5.41, 5.74) is 2.04. The maximum atomic E-state index is 11.8. The van der Waals surface area contributed by atoms with Gasteiger partial charge < -0.3 is 15.5 Å². The average Bonchev–Trinajstić information content (AvgIpc) is 2.43. The molecule has 1 amide bonds. The molecule has 90 valence electrons. The topological polar surface area (TPSA) is 44.4 Å². The summed E-state index contributed by atoms with van der Waals surface area (Å²) >= 11 is 3.44. The lowest BCUT2D eigenvalue weighted by Gasteiger charge is -2.36. The summed E-state index contributed by atoms with van der Waals surface area (Å²) in [6, 6.07) is 6.34. The third kappa shape index (κ3) is 2.05. The van der Waals surface area contributed by atoms with Crippen molar-refractivity contribution in [3.05, 3.63) is 22.7 Å². The molecule has 2 aliphatic heterocycles. The fourth-order valence-corrected chi connectivity index (χ4v) is 2.90. The van der Waals surface area contributed by atoms with E-state index in [-0.39, 0.29) is 11.9 Å². The predicted octanol–water partition coefficient (Wildman–Crippen LogP) is 1.57. The van der Waals surface area contributed by atoms with Crippen LogP contribution in [0.2, 0.25) is 0 Å². The second-order valence-corrected chi connectivity index (χ2v) is 5.38. The maximum absolute atomic E-state index is 11.8. The number of hydrogen-bond acceptors (Lipinski definition) is 3. The molecule has 1 fully saturated rings. The van der Waals surface area contributed by atoms with E-state index in [1.165, 1.54) is 0 Å². The lowest BCUT2D eigenvalue weighted by atomic mass is 10.1. The van der Waals surface area contributed by atoms with E-state index < -0.39 is 0 Å². The number of halogens is 1. The maximum Gasteiger partial charge on any atom is 0.226 e. The van der Waals surface area contributed by atoms with Crippen LogP contribution < -0.4 is 15.5 Å². The molecular weight excluding hydrogens is 282 g/mol. The van der Waals surface area contributed by atoms with Gasteiger partial charge >= 0.3 is 0 Å². The number of amides is 1. The molecule has 1 atom stereocenters. The van der Waals surface area contributed by atoms with Crippen molar-refractivity contribution in [3.63, 3.8) is 0 Å². The van der Waals surface area contributed by atoms with Crippen molar-refractivity contribution in [1.29, 1.82) is 0 Å². The molecule has 0 aromatic heterocycles. The highest BCUT2D eigenvalue weighted by Crippen LogP contribution is 2.34. The quantitative estimate of drug-likeness (QED) is 0.764. The summed E-state index contributed by atoms with van der Waals surface area (Å²) in [6.45, 7) is 2.80. The molecule has 3 rings (SSSR count). The Kier molecular flexibility index (Phi) is 2.80. The molecule has 2 heterocycles. The van der Waals surface area contributed by atoms with E-state index in [1.54, 1.807) is 0 Å². The number of piperazine rings is 1. The molecule has 2 N–H and O–H groups in total. The van der Waals surface area contributed by atoms with Crippen molar-refractivity contribution in [2.24, 2.45) is 0 Å². The number of carbonyl (C=O) groups is 1. The van der Waals surface area contributed by atoms with Crippen molar-refractivity contribution in [2.75, 3.05) is 29.9 Å². The van der Waals surface area contributed by atoms with E-state index in [1.807, 2.05) is 12.1 Å². The Morgan fingerprint density at radius 2 is 2.29 bits per heavy atom. The smallest absolute Gasteiger partial charge is 0.226 e. The van der Waals surface area contributed by atoms with E-state index in [0.717, 1.165) is 35.5 Å². The number of nitrogens with zero attached hydrogens (tertiary/aromatic N) is 1. The molecule has 5 heteroatoms. The van der Waals surface area contributed by atoms with Gasteiger partial charge in [-0.3, -0.25) is 4.79 Å². The van der Waals surface area contributed by atoms with Crippen molar-refractivity contribution in [1.82, 2.24) is 5.32 Å². The van der Waals surface area contributed by atoms with Gasteiger partial charge in [0.2, 0.25) is 5.91 Å². The fraction of sp³-hybridized carbons (Fsp3) is 0.417. The van der Waals surface area contributed by atoms with E-state index in [4.69, 9.17) is 0 Å². The van der Waals surface area contributed by atoms with Crippen molar-refractivity contribution < 1.29 is 4.79 Å². The van der Waals surface area contributed by atoms with Crippen LogP contribution in [-0.2, 0) is 4.79 Å². The monoisotopic (exact) mass is 295 g/mol. The number of hydrogen-bond donors (Lipinski definition) is 2. The van der Waals surface area contributed by atoms with Crippen LogP contribution in [0.4, 0.5) is 11.4 Å². The average molecular weight is 296 g/mol. The Balaban J connectivity index is 2.05. The number of carbonyl (C=O) groups excluding carboxylic acids is 1. The minimum Gasteiger partial charge on any atom is -0.364 e. The highest BCUT2D eigenvalue weighted by Gasteiger charge is 2.29. The Morgan fingerprint density at radius 1 is 1.41 bits per heavy atom. The molecule has 0 bridgehead atoms. The van der Waals surface area contributed by atoms with Gasteiger partial charge in [0.05, 0.1) is 17.4 Å². The summed E-state index contributed by atoms with van der Waals surface area (Å²) in [5.74, 6) is 0.0977. The number of fused-ring (bicyclic) bond motifs is 3. The van der Waals surface area contributed by atoms with Gasteiger partial charge in [-0.2, -0.15) is 0 Å². The lowest BCUT2D eigenvalue weighted by Crippen LogP contribution is -2.51. The van der Waals surface area contributed by atoms with Crippen LogP contribution in [0.15, 0.2) is 22.7 Å². The third-order valence-electron chi connectivity index (χ3n) is 3.31. The molecule has 1 aromatic rings. The van der Waals surface area contributed by atoms with Crippen molar-refractivity contribution in [3.8, 4) is 0 Å². The first-order valence-corrected chi connectivity index (χ1v) is 6.60. The largest absolute Gasteiger partial charge is 0.364 e. The fourth-order valence-electron chi connectivity index (χ4n) is 2.53. The Morgan fingerprint density at radius 3 is 3.18 bits per heavy atom.